The number of rotatable bonds is 6. The number of hydrogen-bond acceptors (Lipinski definition) is 4. The van der Waals surface area contributed by atoms with E-state index in [-0.39, 0.29) is 17.6 Å². The van der Waals surface area contributed by atoms with Crippen molar-refractivity contribution in [3.63, 3.8) is 0 Å². The van der Waals surface area contributed by atoms with Crippen LogP contribution in [0, 0.1) is 23.5 Å². The molecule has 2 heterocycles. The fourth-order valence-corrected chi connectivity index (χ4v) is 4.45. The molecule has 0 bridgehead atoms. The van der Waals surface area contributed by atoms with Crippen molar-refractivity contribution in [3.8, 4) is 0 Å². The topological polar surface area (TPSA) is 41.6 Å². The fourth-order valence-electron chi connectivity index (χ4n) is 4.45. The lowest BCUT2D eigenvalue weighted by molar-refractivity contribution is -0.144. The molecule has 2 fully saturated rings. The first-order valence-electron chi connectivity index (χ1n) is 11.3. The summed E-state index contributed by atoms with van der Waals surface area (Å²) < 4.78 is 35.0. The van der Waals surface area contributed by atoms with Gasteiger partial charge in [0.25, 0.3) is 0 Å². The molecule has 0 unspecified atom stereocenters. The van der Waals surface area contributed by atoms with E-state index in [0.717, 1.165) is 5.70 Å². The second-order valence-electron chi connectivity index (χ2n) is 8.61. The molecular formula is C25H30F2N2O2. The largest absolute Gasteiger partial charge is 0.466 e. The van der Waals surface area contributed by atoms with E-state index in [1.807, 2.05) is 18.2 Å². The highest BCUT2D eigenvalue weighted by molar-refractivity contribution is 5.72. The Labute approximate surface area is 182 Å². The van der Waals surface area contributed by atoms with Crippen molar-refractivity contribution < 1.29 is 18.3 Å². The van der Waals surface area contributed by atoms with Gasteiger partial charge in [0.1, 0.15) is 17.3 Å². The molecule has 4 rings (SSSR count). The van der Waals surface area contributed by atoms with Gasteiger partial charge in [-0.05, 0) is 68.7 Å². The Kier molecular flexibility index (Phi) is 6.73. The zero-order chi connectivity index (χ0) is 21.8. The molecule has 3 aliphatic rings. The highest BCUT2D eigenvalue weighted by Gasteiger charge is 2.26. The van der Waals surface area contributed by atoms with Crippen LogP contribution in [-0.2, 0) is 9.53 Å². The fraction of sp³-hybridized carbons (Fsp3) is 0.480. The lowest BCUT2D eigenvalue weighted by atomic mass is 9.84. The highest BCUT2D eigenvalue weighted by Crippen LogP contribution is 2.33. The summed E-state index contributed by atoms with van der Waals surface area (Å²) in [5.74, 6) is -0.518. The summed E-state index contributed by atoms with van der Waals surface area (Å²) in [5, 5.41) is 3.30. The summed E-state index contributed by atoms with van der Waals surface area (Å²) in [6.07, 6.45) is 13.4. The molecule has 1 aliphatic carbocycles. The van der Waals surface area contributed by atoms with Gasteiger partial charge in [0.2, 0.25) is 0 Å². The van der Waals surface area contributed by atoms with E-state index in [9.17, 15) is 13.6 Å². The number of carbonyl (C=O) groups is 1. The van der Waals surface area contributed by atoms with Crippen molar-refractivity contribution in [1.29, 1.82) is 0 Å². The Morgan fingerprint density at radius 3 is 2.52 bits per heavy atom. The van der Waals surface area contributed by atoms with Crippen molar-refractivity contribution in [2.45, 2.75) is 45.4 Å². The van der Waals surface area contributed by atoms with E-state index >= 15 is 0 Å². The van der Waals surface area contributed by atoms with Gasteiger partial charge < -0.3 is 15.0 Å². The van der Waals surface area contributed by atoms with E-state index in [4.69, 9.17) is 4.74 Å². The minimum absolute atomic E-state index is 0.0236. The van der Waals surface area contributed by atoms with Crippen molar-refractivity contribution in [2.75, 3.05) is 24.6 Å². The molecule has 0 atom stereocenters. The zero-order valence-corrected chi connectivity index (χ0v) is 18.0. The molecule has 1 saturated heterocycles. The maximum absolute atomic E-state index is 15.0. The first-order chi connectivity index (χ1) is 15.0. The van der Waals surface area contributed by atoms with Crippen LogP contribution < -0.4 is 10.2 Å². The predicted octanol–water partition coefficient (Wildman–Crippen LogP) is 5.32. The summed E-state index contributed by atoms with van der Waals surface area (Å²) >= 11 is 0. The molecule has 6 heteroatoms. The number of halogens is 2. The first-order valence-corrected chi connectivity index (χ1v) is 11.3. The normalized spacial score (nSPS) is 20.9. The number of dihydropyridines is 1. The lowest BCUT2D eigenvalue weighted by Gasteiger charge is -2.33. The van der Waals surface area contributed by atoms with Crippen LogP contribution >= 0.6 is 0 Å². The summed E-state index contributed by atoms with van der Waals surface area (Å²) in [4.78, 5) is 13.4. The average molecular weight is 429 g/mol. The molecule has 0 aromatic heterocycles. The van der Waals surface area contributed by atoms with Crippen LogP contribution in [0.5, 0.6) is 0 Å². The number of carbonyl (C=O) groups excluding carboxylic acids is 1. The standard InChI is InChI=1S/C25H30F2N2O2/c1-2-31-24(30)14-18-9-11-29(12-10-18)25-21(26)15-19(16-22(25)27)23-8-4-7-20(28-23)13-17-5-3-6-17/h4,7-8,13,15-18,28H,2-3,5-6,9-12,14H2,1H3. The molecule has 1 saturated carbocycles. The van der Waals surface area contributed by atoms with Gasteiger partial charge in [-0.2, -0.15) is 0 Å². The van der Waals surface area contributed by atoms with E-state index in [1.54, 1.807) is 11.8 Å². The molecule has 1 N–H and O–H groups in total. The van der Waals surface area contributed by atoms with E-state index in [2.05, 4.69) is 11.4 Å². The lowest BCUT2D eigenvalue weighted by Crippen LogP contribution is -2.35. The van der Waals surface area contributed by atoms with E-state index < -0.39 is 11.6 Å². The number of benzene rings is 1. The molecule has 2 aliphatic heterocycles. The van der Waals surface area contributed by atoms with Gasteiger partial charge in [-0.15, -0.1) is 0 Å². The molecule has 1 aromatic carbocycles. The first kappa shape index (κ1) is 21.6. The van der Waals surface area contributed by atoms with Crippen LogP contribution in [-0.4, -0.2) is 25.7 Å². The van der Waals surface area contributed by atoms with Crippen molar-refractivity contribution in [2.24, 2.45) is 11.8 Å². The SMILES string of the molecule is CCOC(=O)CC1CCN(c2c(F)cc(C3=CC=CC(=CC4CCC4)N3)cc2F)CC1. The van der Waals surface area contributed by atoms with Crippen LogP contribution in [0.25, 0.3) is 5.70 Å². The number of ether oxygens (including phenoxy) is 1. The van der Waals surface area contributed by atoms with Gasteiger partial charge in [-0.3, -0.25) is 4.79 Å². The molecule has 31 heavy (non-hydrogen) atoms. The van der Waals surface area contributed by atoms with Crippen molar-refractivity contribution in [1.82, 2.24) is 5.32 Å². The molecule has 0 spiro atoms. The third kappa shape index (κ3) is 5.17. The van der Waals surface area contributed by atoms with Gasteiger partial charge >= 0.3 is 5.97 Å². The minimum Gasteiger partial charge on any atom is -0.466 e. The highest BCUT2D eigenvalue weighted by atomic mass is 19.1. The van der Waals surface area contributed by atoms with Gasteiger partial charge in [0.15, 0.2) is 0 Å². The molecule has 4 nitrogen and oxygen atoms in total. The number of piperidine rings is 1. The van der Waals surface area contributed by atoms with Crippen LogP contribution in [0.3, 0.4) is 0 Å². The van der Waals surface area contributed by atoms with Crippen LogP contribution in [0.4, 0.5) is 14.5 Å². The monoisotopic (exact) mass is 428 g/mol. The Morgan fingerprint density at radius 1 is 1.19 bits per heavy atom. The van der Waals surface area contributed by atoms with Gasteiger partial charge in [-0.25, -0.2) is 8.78 Å². The van der Waals surface area contributed by atoms with Crippen LogP contribution in [0.2, 0.25) is 0 Å². The number of esters is 1. The van der Waals surface area contributed by atoms with Gasteiger partial charge in [0, 0.05) is 36.5 Å². The summed E-state index contributed by atoms with van der Waals surface area (Å²) in [5.41, 5.74) is 2.21. The Morgan fingerprint density at radius 2 is 1.90 bits per heavy atom. The summed E-state index contributed by atoms with van der Waals surface area (Å²) in [7, 11) is 0. The number of hydrogen-bond donors (Lipinski definition) is 1. The maximum atomic E-state index is 15.0. The number of allylic oxidation sites excluding steroid dienone is 4. The summed E-state index contributed by atoms with van der Waals surface area (Å²) in [6, 6.07) is 2.81. The quantitative estimate of drug-likeness (QED) is 0.623. The van der Waals surface area contributed by atoms with E-state index in [1.165, 1.54) is 31.4 Å². The Balaban J connectivity index is 1.42. The van der Waals surface area contributed by atoms with Crippen molar-refractivity contribution >= 4 is 17.4 Å². The smallest absolute Gasteiger partial charge is 0.306 e. The minimum atomic E-state index is -0.555. The third-order valence-corrected chi connectivity index (χ3v) is 6.40. The molecule has 0 amide bonds. The zero-order valence-electron chi connectivity index (χ0n) is 18.0. The Bertz CT molecular complexity index is 887. The van der Waals surface area contributed by atoms with Gasteiger partial charge in [-0.1, -0.05) is 18.6 Å². The summed E-state index contributed by atoms with van der Waals surface area (Å²) in [6.45, 7) is 3.21. The van der Waals surface area contributed by atoms with Crippen LogP contribution in [0.1, 0.15) is 51.0 Å². The number of anilines is 1. The van der Waals surface area contributed by atoms with Crippen molar-refractivity contribution in [3.05, 3.63) is 59.3 Å². The predicted molar refractivity (Wildman–Crippen MR) is 118 cm³/mol. The molecule has 166 valence electrons. The second-order valence-corrected chi connectivity index (χ2v) is 8.61. The average Bonchev–Trinajstić information content (AvgIpc) is 2.72. The molecule has 0 radical (unpaired) electrons. The number of nitrogens with zero attached hydrogens (tertiary/aromatic N) is 1. The molecular weight excluding hydrogens is 398 g/mol. The molecule has 1 aromatic rings. The Hall–Kier alpha value is -2.63. The van der Waals surface area contributed by atoms with E-state index in [0.29, 0.717) is 56.1 Å². The third-order valence-electron chi connectivity index (χ3n) is 6.40. The second kappa shape index (κ2) is 9.67. The van der Waals surface area contributed by atoms with Crippen LogP contribution in [0.15, 0.2) is 42.1 Å². The maximum Gasteiger partial charge on any atom is 0.306 e. The number of nitrogens with one attached hydrogen (secondary N) is 1. The van der Waals surface area contributed by atoms with Gasteiger partial charge in [0.05, 0.1) is 6.61 Å².